The fourth-order valence-electron chi connectivity index (χ4n) is 2.93. The third kappa shape index (κ3) is 2.23. The molecule has 0 saturated heterocycles. The topological polar surface area (TPSA) is 53.5 Å². The number of carbonyl (C=O) groups is 1. The largest absolute Gasteiger partial charge is 0.282 e. The lowest BCUT2D eigenvalue weighted by molar-refractivity contribution is -0.128. The van der Waals surface area contributed by atoms with Gasteiger partial charge in [0.1, 0.15) is 11.4 Å². The van der Waals surface area contributed by atoms with Crippen molar-refractivity contribution in [2.24, 2.45) is 4.99 Å². The summed E-state index contributed by atoms with van der Waals surface area (Å²) in [6, 6.07) is 8.17. The van der Waals surface area contributed by atoms with Crippen molar-refractivity contribution in [3.05, 3.63) is 35.4 Å². The van der Waals surface area contributed by atoms with Crippen LogP contribution in [0, 0.1) is 6.92 Å². The van der Waals surface area contributed by atoms with E-state index in [0.717, 1.165) is 37.1 Å². The molecule has 1 aromatic rings. The molecule has 19 heavy (non-hydrogen) atoms. The fraction of sp³-hybridized carbons (Fsp3) is 0.467. The molecule has 4 nitrogen and oxygen atoms in total. The minimum absolute atomic E-state index is 0.0172. The number of amides is 1. The molecule has 3 rings (SSSR count). The van der Waals surface area contributed by atoms with Crippen molar-refractivity contribution in [1.82, 2.24) is 10.9 Å². The Morgan fingerprint density at radius 1 is 1.16 bits per heavy atom. The average Bonchev–Trinajstić information content (AvgIpc) is 2.43. The SMILES string of the molecule is Cc1cccc(C2=NC3(CCCCC3)C(=O)NN2)c1. The van der Waals surface area contributed by atoms with E-state index in [-0.39, 0.29) is 5.91 Å². The zero-order chi connectivity index (χ0) is 13.3. The zero-order valence-electron chi connectivity index (χ0n) is 11.2. The quantitative estimate of drug-likeness (QED) is 0.809. The number of carbonyl (C=O) groups excluding carboxylic acids is 1. The van der Waals surface area contributed by atoms with Gasteiger partial charge in [-0.05, 0) is 25.8 Å². The second-order valence-corrected chi connectivity index (χ2v) is 5.50. The first-order valence-electron chi connectivity index (χ1n) is 6.93. The molecular weight excluding hydrogens is 238 g/mol. The Morgan fingerprint density at radius 3 is 2.68 bits per heavy atom. The summed E-state index contributed by atoms with van der Waals surface area (Å²) in [6.45, 7) is 2.06. The maximum atomic E-state index is 12.1. The van der Waals surface area contributed by atoms with Gasteiger partial charge in [0.2, 0.25) is 0 Å². The summed E-state index contributed by atoms with van der Waals surface area (Å²) in [4.78, 5) is 16.9. The summed E-state index contributed by atoms with van der Waals surface area (Å²) >= 11 is 0. The van der Waals surface area contributed by atoms with E-state index in [9.17, 15) is 4.79 Å². The maximum Gasteiger partial charge on any atom is 0.266 e. The van der Waals surface area contributed by atoms with Gasteiger partial charge in [-0.3, -0.25) is 15.6 Å². The number of aliphatic imine (C=N–C) groups is 1. The molecule has 0 aromatic heterocycles. The van der Waals surface area contributed by atoms with E-state index < -0.39 is 5.54 Å². The van der Waals surface area contributed by atoms with Gasteiger partial charge < -0.3 is 0 Å². The Balaban J connectivity index is 1.98. The second-order valence-electron chi connectivity index (χ2n) is 5.50. The van der Waals surface area contributed by atoms with E-state index >= 15 is 0 Å². The summed E-state index contributed by atoms with van der Waals surface area (Å²) in [7, 11) is 0. The molecule has 2 N–H and O–H groups in total. The Kier molecular flexibility index (Phi) is 3.01. The van der Waals surface area contributed by atoms with Crippen molar-refractivity contribution in [2.45, 2.75) is 44.6 Å². The number of amidine groups is 1. The summed E-state index contributed by atoms with van der Waals surface area (Å²) in [5.74, 6) is 0.800. The van der Waals surface area contributed by atoms with Crippen LogP contribution in [0.25, 0.3) is 0 Å². The number of hydrogen-bond acceptors (Lipinski definition) is 3. The molecule has 2 aliphatic rings. The van der Waals surface area contributed by atoms with Gasteiger partial charge >= 0.3 is 0 Å². The van der Waals surface area contributed by atoms with Gasteiger partial charge in [-0.15, -0.1) is 0 Å². The van der Waals surface area contributed by atoms with Crippen molar-refractivity contribution >= 4 is 11.7 Å². The lowest BCUT2D eigenvalue weighted by Crippen LogP contribution is -2.58. The number of nitrogens with one attached hydrogen (secondary N) is 2. The molecule has 0 radical (unpaired) electrons. The van der Waals surface area contributed by atoms with Gasteiger partial charge in [0.15, 0.2) is 0 Å². The first kappa shape index (κ1) is 12.2. The van der Waals surface area contributed by atoms with Crippen LogP contribution < -0.4 is 10.9 Å². The summed E-state index contributed by atoms with van der Waals surface area (Å²) in [5.41, 5.74) is 7.41. The van der Waals surface area contributed by atoms with Crippen LogP contribution in [0.4, 0.5) is 0 Å². The van der Waals surface area contributed by atoms with E-state index in [1.54, 1.807) is 0 Å². The van der Waals surface area contributed by atoms with Crippen LogP contribution in [-0.2, 0) is 4.79 Å². The van der Waals surface area contributed by atoms with Gasteiger partial charge in [-0.25, -0.2) is 4.99 Å². The van der Waals surface area contributed by atoms with Crippen LogP contribution in [0.15, 0.2) is 29.3 Å². The lowest BCUT2D eigenvalue weighted by atomic mass is 9.81. The van der Waals surface area contributed by atoms with Crippen LogP contribution in [0.2, 0.25) is 0 Å². The number of rotatable bonds is 1. The van der Waals surface area contributed by atoms with Crippen LogP contribution in [0.3, 0.4) is 0 Å². The lowest BCUT2D eigenvalue weighted by Gasteiger charge is -2.36. The van der Waals surface area contributed by atoms with Crippen LogP contribution in [0.1, 0.15) is 43.2 Å². The van der Waals surface area contributed by atoms with Gasteiger partial charge in [0.25, 0.3) is 5.91 Å². The Hall–Kier alpha value is -1.84. The van der Waals surface area contributed by atoms with Crippen molar-refractivity contribution in [3.63, 3.8) is 0 Å². The van der Waals surface area contributed by atoms with Crippen molar-refractivity contribution in [2.75, 3.05) is 0 Å². The van der Waals surface area contributed by atoms with E-state index in [1.807, 2.05) is 12.1 Å². The van der Waals surface area contributed by atoms with Crippen molar-refractivity contribution < 1.29 is 4.79 Å². The highest BCUT2D eigenvalue weighted by molar-refractivity contribution is 6.05. The van der Waals surface area contributed by atoms with Crippen molar-refractivity contribution in [1.29, 1.82) is 0 Å². The summed E-state index contributed by atoms with van der Waals surface area (Å²) in [5, 5.41) is 0. The number of hydrogen-bond donors (Lipinski definition) is 2. The second kappa shape index (κ2) is 4.68. The van der Waals surface area contributed by atoms with Gasteiger partial charge in [0, 0.05) is 5.56 Å². The normalized spacial score (nSPS) is 21.5. The third-order valence-corrected chi connectivity index (χ3v) is 4.02. The molecule has 1 heterocycles. The van der Waals surface area contributed by atoms with Gasteiger partial charge in [-0.2, -0.15) is 0 Å². The number of nitrogens with zero attached hydrogens (tertiary/aromatic N) is 1. The third-order valence-electron chi connectivity index (χ3n) is 4.02. The number of aryl methyl sites for hydroxylation is 1. The van der Waals surface area contributed by atoms with E-state index in [1.165, 1.54) is 12.0 Å². The Morgan fingerprint density at radius 2 is 1.95 bits per heavy atom. The highest BCUT2D eigenvalue weighted by atomic mass is 16.2. The molecule has 0 atom stereocenters. The van der Waals surface area contributed by atoms with E-state index in [4.69, 9.17) is 4.99 Å². The molecule has 1 aliphatic carbocycles. The predicted molar refractivity (Wildman–Crippen MR) is 74.8 cm³/mol. The smallest absolute Gasteiger partial charge is 0.266 e. The highest BCUT2D eigenvalue weighted by Gasteiger charge is 2.42. The molecule has 100 valence electrons. The molecular formula is C15H19N3O. The minimum atomic E-state index is -0.539. The molecule has 1 aliphatic heterocycles. The number of benzene rings is 1. The molecule has 1 amide bonds. The van der Waals surface area contributed by atoms with Crippen LogP contribution in [-0.4, -0.2) is 17.3 Å². The summed E-state index contributed by atoms with van der Waals surface area (Å²) in [6.07, 6.45) is 5.08. The highest BCUT2D eigenvalue weighted by Crippen LogP contribution is 2.33. The van der Waals surface area contributed by atoms with Gasteiger partial charge in [-0.1, -0.05) is 43.0 Å². The van der Waals surface area contributed by atoms with Crippen molar-refractivity contribution in [3.8, 4) is 0 Å². The predicted octanol–water partition coefficient (Wildman–Crippen LogP) is 2.08. The first-order chi connectivity index (χ1) is 9.20. The standard InChI is InChI=1S/C15H19N3O/c1-11-6-5-7-12(10-11)13-16-15(14(19)18-17-13)8-3-2-4-9-15/h5-7,10H,2-4,8-9H2,1H3,(H,16,17)(H,18,19). The molecule has 1 saturated carbocycles. The summed E-state index contributed by atoms with van der Waals surface area (Å²) < 4.78 is 0. The van der Waals surface area contributed by atoms with Gasteiger partial charge in [0.05, 0.1) is 0 Å². The molecule has 1 aromatic carbocycles. The van der Waals surface area contributed by atoms with Crippen LogP contribution >= 0.6 is 0 Å². The fourth-order valence-corrected chi connectivity index (χ4v) is 2.93. The van der Waals surface area contributed by atoms with Crippen LogP contribution in [0.5, 0.6) is 0 Å². The molecule has 4 heteroatoms. The molecule has 1 fully saturated rings. The Labute approximate surface area is 113 Å². The average molecular weight is 257 g/mol. The zero-order valence-corrected chi connectivity index (χ0v) is 11.2. The molecule has 1 spiro atoms. The molecule has 0 bridgehead atoms. The molecule has 0 unspecified atom stereocenters. The monoisotopic (exact) mass is 257 g/mol. The first-order valence-corrected chi connectivity index (χ1v) is 6.93. The number of hydrazine groups is 1. The maximum absolute atomic E-state index is 12.1. The van der Waals surface area contributed by atoms with E-state index in [0.29, 0.717) is 0 Å². The van der Waals surface area contributed by atoms with E-state index in [2.05, 4.69) is 29.9 Å². The Bertz CT molecular complexity index is 530. The minimum Gasteiger partial charge on any atom is -0.282 e.